The van der Waals surface area contributed by atoms with Crippen molar-refractivity contribution in [1.29, 1.82) is 0 Å². The van der Waals surface area contributed by atoms with E-state index in [0.29, 0.717) is 11.3 Å². The zero-order valence-corrected chi connectivity index (χ0v) is 11.6. The average molecular weight is 278 g/mol. The molecule has 0 amide bonds. The molecular formula is C14H18N2O4. The van der Waals surface area contributed by atoms with Gasteiger partial charge >= 0.3 is 5.97 Å². The number of carbonyl (C=O) groups is 1. The molecule has 0 saturated heterocycles. The highest BCUT2D eigenvalue weighted by molar-refractivity contribution is 5.85. The van der Waals surface area contributed by atoms with Gasteiger partial charge in [0.25, 0.3) is 5.69 Å². The first-order chi connectivity index (χ1) is 9.45. The van der Waals surface area contributed by atoms with Gasteiger partial charge in [-0.2, -0.15) is 0 Å². The fourth-order valence-corrected chi connectivity index (χ4v) is 1.80. The summed E-state index contributed by atoms with van der Waals surface area (Å²) in [6.07, 6.45) is 4.26. The molecule has 0 aliphatic heterocycles. The highest BCUT2D eigenvalue weighted by atomic mass is 16.6. The standard InChI is InChI=1S/C14H18N2O4/c1-3-4-9-15(2)12-7-5-11(6-8-14(17)18)10-13(12)16(19)20/h5-8,10H,3-4,9H2,1-2H3,(H,17,18)/b8-6+. The van der Waals surface area contributed by atoms with Gasteiger partial charge in [0, 0.05) is 25.7 Å². The predicted molar refractivity (Wildman–Crippen MR) is 77.9 cm³/mol. The van der Waals surface area contributed by atoms with E-state index < -0.39 is 10.9 Å². The second kappa shape index (κ2) is 7.28. The van der Waals surface area contributed by atoms with Crippen LogP contribution in [-0.4, -0.2) is 29.6 Å². The Morgan fingerprint density at radius 2 is 2.20 bits per heavy atom. The largest absolute Gasteiger partial charge is 0.478 e. The van der Waals surface area contributed by atoms with Crippen molar-refractivity contribution in [3.05, 3.63) is 40.0 Å². The molecule has 0 heterocycles. The number of benzene rings is 1. The number of anilines is 1. The van der Waals surface area contributed by atoms with Crippen LogP contribution in [-0.2, 0) is 4.79 Å². The molecule has 0 aliphatic rings. The SMILES string of the molecule is CCCCN(C)c1ccc(/C=C/C(=O)O)cc1[N+](=O)[O-]. The van der Waals surface area contributed by atoms with E-state index in [1.165, 1.54) is 12.1 Å². The number of nitro benzene ring substituents is 1. The van der Waals surface area contributed by atoms with Crippen LogP contribution < -0.4 is 4.90 Å². The Morgan fingerprint density at radius 1 is 1.50 bits per heavy atom. The summed E-state index contributed by atoms with van der Waals surface area (Å²) in [4.78, 5) is 23.0. The molecule has 0 aliphatic carbocycles. The van der Waals surface area contributed by atoms with Crippen LogP contribution in [0, 0.1) is 10.1 Å². The summed E-state index contributed by atoms with van der Waals surface area (Å²) in [5, 5.41) is 19.7. The number of carboxylic acid groups (broad SMARTS) is 1. The third kappa shape index (κ3) is 4.38. The molecule has 6 heteroatoms. The first-order valence-electron chi connectivity index (χ1n) is 6.36. The molecule has 0 unspecified atom stereocenters. The monoisotopic (exact) mass is 278 g/mol. The smallest absolute Gasteiger partial charge is 0.328 e. The molecule has 0 atom stereocenters. The maximum Gasteiger partial charge on any atom is 0.328 e. The summed E-state index contributed by atoms with van der Waals surface area (Å²) < 4.78 is 0. The highest BCUT2D eigenvalue weighted by Crippen LogP contribution is 2.29. The Bertz CT molecular complexity index is 526. The molecule has 0 saturated carbocycles. The minimum atomic E-state index is -1.09. The van der Waals surface area contributed by atoms with Gasteiger partial charge in [0.1, 0.15) is 5.69 Å². The molecule has 0 bridgehead atoms. The zero-order chi connectivity index (χ0) is 15.1. The number of rotatable bonds is 7. The van der Waals surface area contributed by atoms with Crippen LogP contribution in [0.3, 0.4) is 0 Å². The molecule has 1 aromatic rings. The van der Waals surface area contributed by atoms with E-state index >= 15 is 0 Å². The van der Waals surface area contributed by atoms with Gasteiger partial charge in [-0.25, -0.2) is 4.79 Å². The Labute approximate surface area is 117 Å². The molecule has 0 aromatic heterocycles. The molecule has 0 spiro atoms. The van der Waals surface area contributed by atoms with E-state index in [2.05, 4.69) is 6.92 Å². The lowest BCUT2D eigenvalue weighted by Gasteiger charge is -2.18. The Balaban J connectivity index is 3.07. The van der Waals surface area contributed by atoms with Crippen LogP contribution in [0.5, 0.6) is 0 Å². The van der Waals surface area contributed by atoms with Crippen molar-refractivity contribution in [1.82, 2.24) is 0 Å². The van der Waals surface area contributed by atoms with Crippen LogP contribution in [0.4, 0.5) is 11.4 Å². The van der Waals surface area contributed by atoms with Gasteiger partial charge in [-0.1, -0.05) is 19.4 Å². The Hall–Kier alpha value is -2.37. The minimum absolute atomic E-state index is 0.0175. The molecule has 1 rings (SSSR count). The quantitative estimate of drug-likeness (QED) is 0.471. The van der Waals surface area contributed by atoms with Crippen molar-refractivity contribution < 1.29 is 14.8 Å². The second-order valence-electron chi connectivity index (χ2n) is 4.45. The summed E-state index contributed by atoms with van der Waals surface area (Å²) in [5.41, 5.74) is 1.01. The molecule has 20 heavy (non-hydrogen) atoms. The topological polar surface area (TPSA) is 83.7 Å². The zero-order valence-electron chi connectivity index (χ0n) is 11.6. The lowest BCUT2D eigenvalue weighted by Crippen LogP contribution is -2.19. The Morgan fingerprint density at radius 3 is 2.75 bits per heavy atom. The number of aliphatic carboxylic acids is 1. The van der Waals surface area contributed by atoms with Crippen LogP contribution in [0.25, 0.3) is 6.08 Å². The number of nitrogens with zero attached hydrogens (tertiary/aromatic N) is 2. The number of nitro groups is 1. The van der Waals surface area contributed by atoms with Crippen LogP contribution in [0.1, 0.15) is 25.3 Å². The number of unbranched alkanes of at least 4 members (excludes halogenated alkanes) is 1. The number of hydrogen-bond acceptors (Lipinski definition) is 4. The van der Waals surface area contributed by atoms with Gasteiger partial charge < -0.3 is 10.0 Å². The minimum Gasteiger partial charge on any atom is -0.478 e. The van der Waals surface area contributed by atoms with Gasteiger partial charge in [-0.15, -0.1) is 0 Å². The van der Waals surface area contributed by atoms with Crippen molar-refractivity contribution in [2.24, 2.45) is 0 Å². The highest BCUT2D eigenvalue weighted by Gasteiger charge is 2.17. The molecule has 6 nitrogen and oxygen atoms in total. The van der Waals surface area contributed by atoms with E-state index in [1.807, 2.05) is 11.9 Å². The summed E-state index contributed by atoms with van der Waals surface area (Å²) in [6.45, 7) is 2.80. The first-order valence-corrected chi connectivity index (χ1v) is 6.36. The molecule has 108 valence electrons. The number of hydrogen-bond donors (Lipinski definition) is 1. The fourth-order valence-electron chi connectivity index (χ4n) is 1.80. The van der Waals surface area contributed by atoms with Crippen molar-refractivity contribution in [2.45, 2.75) is 19.8 Å². The molecular weight excluding hydrogens is 260 g/mol. The van der Waals surface area contributed by atoms with Gasteiger partial charge in [0.15, 0.2) is 0 Å². The molecule has 1 aromatic carbocycles. The van der Waals surface area contributed by atoms with Crippen LogP contribution >= 0.6 is 0 Å². The van der Waals surface area contributed by atoms with Crippen molar-refractivity contribution >= 4 is 23.4 Å². The normalized spacial score (nSPS) is 10.7. The third-order valence-electron chi connectivity index (χ3n) is 2.87. The first kappa shape index (κ1) is 15.7. The van der Waals surface area contributed by atoms with Gasteiger partial charge in [0.05, 0.1) is 4.92 Å². The van der Waals surface area contributed by atoms with Gasteiger partial charge in [0.2, 0.25) is 0 Å². The Kier molecular flexibility index (Phi) is 5.71. The van der Waals surface area contributed by atoms with E-state index in [9.17, 15) is 14.9 Å². The summed E-state index contributed by atoms with van der Waals surface area (Å²) in [7, 11) is 1.81. The summed E-state index contributed by atoms with van der Waals surface area (Å²) in [6, 6.07) is 4.71. The van der Waals surface area contributed by atoms with Crippen LogP contribution in [0.15, 0.2) is 24.3 Å². The predicted octanol–water partition coefficient (Wildman–Crippen LogP) is 2.93. The third-order valence-corrected chi connectivity index (χ3v) is 2.87. The fraction of sp³-hybridized carbons (Fsp3) is 0.357. The van der Waals surface area contributed by atoms with Crippen molar-refractivity contribution in [3.63, 3.8) is 0 Å². The molecule has 0 radical (unpaired) electrons. The van der Waals surface area contributed by atoms with E-state index in [4.69, 9.17) is 5.11 Å². The maximum absolute atomic E-state index is 11.1. The number of carboxylic acids is 1. The average Bonchev–Trinajstić information content (AvgIpc) is 2.42. The second-order valence-corrected chi connectivity index (χ2v) is 4.45. The van der Waals surface area contributed by atoms with Crippen molar-refractivity contribution in [2.75, 3.05) is 18.5 Å². The van der Waals surface area contributed by atoms with Crippen LogP contribution in [0.2, 0.25) is 0 Å². The molecule has 1 N–H and O–H groups in total. The lowest BCUT2D eigenvalue weighted by atomic mass is 10.1. The van der Waals surface area contributed by atoms with E-state index in [-0.39, 0.29) is 5.69 Å². The lowest BCUT2D eigenvalue weighted by molar-refractivity contribution is -0.384. The molecule has 0 fully saturated rings. The summed E-state index contributed by atoms with van der Waals surface area (Å²) >= 11 is 0. The summed E-state index contributed by atoms with van der Waals surface area (Å²) in [5.74, 6) is -1.09. The van der Waals surface area contributed by atoms with Gasteiger partial charge in [-0.3, -0.25) is 10.1 Å². The maximum atomic E-state index is 11.1. The van der Waals surface area contributed by atoms with E-state index in [0.717, 1.165) is 25.5 Å². The van der Waals surface area contributed by atoms with E-state index in [1.54, 1.807) is 12.1 Å². The van der Waals surface area contributed by atoms with Gasteiger partial charge in [-0.05, 0) is 24.1 Å². The van der Waals surface area contributed by atoms with Crippen molar-refractivity contribution in [3.8, 4) is 0 Å².